The summed E-state index contributed by atoms with van der Waals surface area (Å²) in [7, 11) is 1.94. The summed E-state index contributed by atoms with van der Waals surface area (Å²) in [5.74, 6) is -1.09. The number of hydrogen-bond donors (Lipinski definition) is 1. The normalized spacial score (nSPS) is 18.4. The molecule has 1 heterocycles. The largest absolute Gasteiger partial charge is 0.481 e. The summed E-state index contributed by atoms with van der Waals surface area (Å²) in [6.07, 6.45) is 8.48. The lowest BCUT2D eigenvalue weighted by Gasteiger charge is -2.22. The minimum Gasteiger partial charge on any atom is -0.481 e. The van der Waals surface area contributed by atoms with Gasteiger partial charge in [-0.25, -0.2) is 0 Å². The molecular weight excluding hydrogens is 254 g/mol. The van der Waals surface area contributed by atoms with Gasteiger partial charge in [0, 0.05) is 19.3 Å². The van der Waals surface area contributed by atoms with Crippen molar-refractivity contribution < 1.29 is 9.90 Å². The van der Waals surface area contributed by atoms with Gasteiger partial charge in [-0.1, -0.05) is 26.2 Å². The number of carbonyl (C=O) groups is 1. The van der Waals surface area contributed by atoms with Crippen molar-refractivity contribution in [2.45, 2.75) is 51.6 Å². The van der Waals surface area contributed by atoms with Crippen molar-refractivity contribution in [1.82, 2.24) is 14.7 Å². The molecule has 0 aromatic carbocycles. The first-order valence-corrected chi connectivity index (χ1v) is 7.51. The van der Waals surface area contributed by atoms with E-state index in [9.17, 15) is 4.79 Å². The fourth-order valence-corrected chi connectivity index (χ4v) is 2.90. The zero-order chi connectivity index (χ0) is 14.5. The first kappa shape index (κ1) is 15.0. The summed E-state index contributed by atoms with van der Waals surface area (Å²) in [4.78, 5) is 12.9. The molecule has 0 radical (unpaired) electrons. The van der Waals surface area contributed by atoms with Gasteiger partial charge in [0.2, 0.25) is 0 Å². The molecule has 1 N–H and O–H groups in total. The Balaban J connectivity index is 1.87. The highest BCUT2D eigenvalue weighted by molar-refractivity contribution is 5.69. The van der Waals surface area contributed by atoms with Crippen LogP contribution in [0.15, 0.2) is 12.3 Å². The van der Waals surface area contributed by atoms with E-state index >= 15 is 0 Å². The Kier molecular flexibility index (Phi) is 5.17. The van der Waals surface area contributed by atoms with Gasteiger partial charge in [0.15, 0.2) is 0 Å². The van der Waals surface area contributed by atoms with Crippen molar-refractivity contribution in [2.75, 3.05) is 13.6 Å². The molecule has 1 unspecified atom stereocenters. The van der Waals surface area contributed by atoms with Gasteiger partial charge in [0.25, 0.3) is 0 Å². The van der Waals surface area contributed by atoms with Gasteiger partial charge in [0.1, 0.15) is 0 Å². The van der Waals surface area contributed by atoms with Crippen molar-refractivity contribution in [3.05, 3.63) is 18.0 Å². The molecule has 20 heavy (non-hydrogen) atoms. The van der Waals surface area contributed by atoms with Crippen LogP contribution in [0.4, 0.5) is 0 Å². The Hall–Kier alpha value is -1.36. The van der Waals surface area contributed by atoms with E-state index in [-0.39, 0.29) is 5.92 Å². The van der Waals surface area contributed by atoms with Crippen LogP contribution in [-0.2, 0) is 11.3 Å². The summed E-state index contributed by atoms with van der Waals surface area (Å²) < 4.78 is 2.10. The maximum absolute atomic E-state index is 10.9. The van der Waals surface area contributed by atoms with E-state index in [0.717, 1.165) is 5.69 Å². The summed E-state index contributed by atoms with van der Waals surface area (Å²) in [5, 5.41) is 13.6. The fraction of sp³-hybridized carbons (Fsp3) is 0.733. The summed E-state index contributed by atoms with van der Waals surface area (Å²) in [6.45, 7) is 2.99. The molecule has 1 saturated carbocycles. The Morgan fingerprint density at radius 2 is 2.20 bits per heavy atom. The molecule has 1 aromatic rings. The van der Waals surface area contributed by atoms with E-state index in [1.807, 2.05) is 11.9 Å². The average Bonchev–Trinajstić information content (AvgIpc) is 2.88. The van der Waals surface area contributed by atoms with Crippen LogP contribution in [0, 0.1) is 5.92 Å². The van der Waals surface area contributed by atoms with Gasteiger partial charge < -0.3 is 5.11 Å². The smallest absolute Gasteiger partial charge is 0.307 e. The zero-order valence-corrected chi connectivity index (χ0v) is 12.5. The molecule has 1 atom stereocenters. The van der Waals surface area contributed by atoms with Crippen molar-refractivity contribution in [3.63, 3.8) is 0 Å². The molecule has 1 aliphatic carbocycles. The molecule has 5 heteroatoms. The Labute approximate surface area is 120 Å². The Morgan fingerprint density at radius 3 is 2.85 bits per heavy atom. The molecule has 1 aliphatic rings. The van der Waals surface area contributed by atoms with Gasteiger partial charge in [-0.2, -0.15) is 5.10 Å². The lowest BCUT2D eigenvalue weighted by atomic mass is 9.96. The molecule has 5 nitrogen and oxygen atoms in total. The predicted molar refractivity (Wildman–Crippen MR) is 77.5 cm³/mol. The van der Waals surface area contributed by atoms with E-state index in [0.29, 0.717) is 19.1 Å². The maximum Gasteiger partial charge on any atom is 0.307 e. The van der Waals surface area contributed by atoms with Crippen molar-refractivity contribution in [3.8, 4) is 0 Å². The number of carboxylic acids is 1. The highest BCUT2D eigenvalue weighted by atomic mass is 16.4. The van der Waals surface area contributed by atoms with E-state index in [2.05, 4.69) is 22.0 Å². The van der Waals surface area contributed by atoms with Crippen LogP contribution in [0.1, 0.15) is 50.8 Å². The Morgan fingerprint density at radius 1 is 1.50 bits per heavy atom. The number of hydrogen-bond acceptors (Lipinski definition) is 3. The Bertz CT molecular complexity index is 438. The van der Waals surface area contributed by atoms with E-state index in [4.69, 9.17) is 5.11 Å². The molecule has 0 saturated heterocycles. The third-order valence-corrected chi connectivity index (χ3v) is 4.05. The summed E-state index contributed by atoms with van der Waals surface area (Å²) in [5.41, 5.74) is 1.02. The molecule has 2 rings (SSSR count). The molecule has 0 amide bonds. The standard InChI is InChI=1S/C15H25N3O2/c1-12(15(19)20)10-17(2)11-13-8-9-18(16-13)14-6-4-3-5-7-14/h8-9,12,14H,3-7,10-11H2,1-2H3,(H,19,20). The van der Waals surface area contributed by atoms with Gasteiger partial charge in [-0.3, -0.25) is 14.4 Å². The van der Waals surface area contributed by atoms with Crippen LogP contribution < -0.4 is 0 Å². The summed E-state index contributed by atoms with van der Waals surface area (Å²) >= 11 is 0. The predicted octanol–water partition coefficient (Wildman–Crippen LogP) is 2.54. The lowest BCUT2D eigenvalue weighted by molar-refractivity contribution is -0.141. The third kappa shape index (κ3) is 4.07. The minimum atomic E-state index is -0.746. The van der Waals surface area contributed by atoms with Crippen LogP contribution in [0.5, 0.6) is 0 Å². The van der Waals surface area contributed by atoms with Crippen LogP contribution in [0.2, 0.25) is 0 Å². The highest BCUT2D eigenvalue weighted by Crippen LogP contribution is 2.27. The van der Waals surface area contributed by atoms with Gasteiger partial charge in [-0.15, -0.1) is 0 Å². The van der Waals surface area contributed by atoms with Gasteiger partial charge in [-0.05, 0) is 26.0 Å². The van der Waals surface area contributed by atoms with Crippen molar-refractivity contribution in [1.29, 1.82) is 0 Å². The number of carboxylic acid groups (broad SMARTS) is 1. The molecular formula is C15H25N3O2. The van der Waals surface area contributed by atoms with E-state index in [1.165, 1.54) is 32.1 Å². The minimum absolute atomic E-state index is 0.347. The maximum atomic E-state index is 10.9. The first-order valence-electron chi connectivity index (χ1n) is 7.51. The first-order chi connectivity index (χ1) is 9.56. The SMILES string of the molecule is CC(CN(C)Cc1ccn(C2CCCCC2)n1)C(=O)O. The van der Waals surface area contributed by atoms with Crippen LogP contribution in [0.3, 0.4) is 0 Å². The molecule has 0 bridgehead atoms. The second kappa shape index (κ2) is 6.88. The van der Waals surface area contributed by atoms with Crippen LogP contribution in [-0.4, -0.2) is 39.3 Å². The second-order valence-corrected chi connectivity index (χ2v) is 6.01. The van der Waals surface area contributed by atoms with Gasteiger partial charge >= 0.3 is 5.97 Å². The molecule has 0 spiro atoms. The lowest BCUT2D eigenvalue weighted by Crippen LogP contribution is -2.28. The zero-order valence-electron chi connectivity index (χ0n) is 12.5. The van der Waals surface area contributed by atoms with E-state index in [1.54, 1.807) is 6.92 Å². The fourth-order valence-electron chi connectivity index (χ4n) is 2.90. The quantitative estimate of drug-likeness (QED) is 0.869. The van der Waals surface area contributed by atoms with Crippen molar-refractivity contribution in [2.24, 2.45) is 5.92 Å². The number of aromatic nitrogens is 2. The molecule has 112 valence electrons. The molecule has 0 aliphatic heterocycles. The summed E-state index contributed by atoms with van der Waals surface area (Å²) in [6, 6.07) is 2.61. The number of rotatable bonds is 6. The highest BCUT2D eigenvalue weighted by Gasteiger charge is 2.17. The average molecular weight is 279 g/mol. The topological polar surface area (TPSA) is 58.4 Å². The van der Waals surface area contributed by atoms with E-state index < -0.39 is 5.97 Å². The van der Waals surface area contributed by atoms with Crippen LogP contribution >= 0.6 is 0 Å². The van der Waals surface area contributed by atoms with Gasteiger partial charge in [0.05, 0.1) is 17.7 Å². The van der Waals surface area contributed by atoms with Crippen LogP contribution in [0.25, 0.3) is 0 Å². The monoisotopic (exact) mass is 279 g/mol. The second-order valence-electron chi connectivity index (χ2n) is 6.01. The number of aliphatic carboxylic acids is 1. The number of nitrogens with zero attached hydrogens (tertiary/aromatic N) is 3. The molecule has 1 aromatic heterocycles. The molecule has 1 fully saturated rings. The third-order valence-electron chi connectivity index (χ3n) is 4.05. The van der Waals surface area contributed by atoms with Crippen molar-refractivity contribution >= 4 is 5.97 Å².